The monoisotopic (exact) mass is 274 g/mol. The topological polar surface area (TPSA) is 55.1 Å². The normalized spacial score (nSPS) is 10.2. The Bertz CT molecular complexity index is 611. The van der Waals surface area contributed by atoms with Crippen molar-refractivity contribution in [3.8, 4) is 0 Å². The van der Waals surface area contributed by atoms with Crippen molar-refractivity contribution in [3.63, 3.8) is 0 Å². The summed E-state index contributed by atoms with van der Waals surface area (Å²) in [5, 5.41) is 3.45. The molecule has 19 heavy (non-hydrogen) atoms. The number of rotatable bonds is 3. The van der Waals surface area contributed by atoms with E-state index in [-0.39, 0.29) is 12.3 Å². The van der Waals surface area contributed by atoms with Gasteiger partial charge in [0.15, 0.2) is 0 Å². The molecule has 0 saturated carbocycles. The van der Waals surface area contributed by atoms with Crippen molar-refractivity contribution in [3.05, 3.63) is 58.6 Å². The van der Waals surface area contributed by atoms with Crippen molar-refractivity contribution in [1.29, 1.82) is 0 Å². The Hall–Kier alpha value is -2.00. The molecule has 0 bridgehead atoms. The predicted molar refractivity (Wildman–Crippen MR) is 79.4 cm³/mol. The fourth-order valence-electron chi connectivity index (χ4n) is 1.78. The van der Waals surface area contributed by atoms with Gasteiger partial charge in [-0.2, -0.15) is 0 Å². The fourth-order valence-corrected chi connectivity index (χ4v) is 1.99. The van der Waals surface area contributed by atoms with Crippen molar-refractivity contribution in [2.45, 2.75) is 13.3 Å². The Morgan fingerprint density at radius 3 is 2.74 bits per heavy atom. The van der Waals surface area contributed by atoms with Crippen LogP contribution in [0.3, 0.4) is 0 Å². The number of carbonyl (C=O) groups excluding carboxylic acids is 1. The Balaban J connectivity index is 2.10. The third kappa shape index (κ3) is 3.48. The Labute approximate surface area is 117 Å². The molecule has 0 aromatic heterocycles. The van der Waals surface area contributed by atoms with E-state index in [1.807, 2.05) is 31.2 Å². The van der Waals surface area contributed by atoms with Crippen LogP contribution in [0, 0.1) is 6.92 Å². The number of hydrogen-bond acceptors (Lipinski definition) is 2. The molecule has 0 heterocycles. The van der Waals surface area contributed by atoms with E-state index in [4.69, 9.17) is 17.3 Å². The van der Waals surface area contributed by atoms with Crippen LogP contribution in [0.1, 0.15) is 11.1 Å². The predicted octanol–water partition coefficient (Wildman–Crippen LogP) is 3.41. The van der Waals surface area contributed by atoms with Gasteiger partial charge in [0, 0.05) is 16.4 Å². The molecule has 4 heteroatoms. The van der Waals surface area contributed by atoms with Gasteiger partial charge in [0.2, 0.25) is 5.91 Å². The molecule has 1 amide bonds. The number of benzene rings is 2. The highest BCUT2D eigenvalue weighted by atomic mass is 35.5. The van der Waals surface area contributed by atoms with Crippen LogP contribution in [-0.4, -0.2) is 5.91 Å². The van der Waals surface area contributed by atoms with Gasteiger partial charge < -0.3 is 11.1 Å². The van der Waals surface area contributed by atoms with E-state index in [2.05, 4.69) is 5.32 Å². The van der Waals surface area contributed by atoms with Crippen LogP contribution in [-0.2, 0) is 11.2 Å². The van der Waals surface area contributed by atoms with Crippen molar-refractivity contribution in [1.82, 2.24) is 0 Å². The molecule has 2 aromatic carbocycles. The molecule has 0 aliphatic carbocycles. The van der Waals surface area contributed by atoms with Gasteiger partial charge in [0.05, 0.1) is 6.42 Å². The minimum absolute atomic E-state index is 0.109. The molecule has 2 rings (SSSR count). The maximum Gasteiger partial charge on any atom is 0.228 e. The molecular formula is C15H15ClN2O. The largest absolute Gasteiger partial charge is 0.399 e. The first-order valence-electron chi connectivity index (χ1n) is 5.95. The van der Waals surface area contributed by atoms with Gasteiger partial charge in [-0.15, -0.1) is 0 Å². The third-order valence-corrected chi connectivity index (χ3v) is 3.21. The molecule has 3 N–H and O–H groups in total. The highest BCUT2D eigenvalue weighted by Crippen LogP contribution is 2.20. The first-order chi connectivity index (χ1) is 9.06. The second-order valence-corrected chi connectivity index (χ2v) is 4.80. The molecule has 2 aromatic rings. The van der Waals surface area contributed by atoms with Crippen LogP contribution >= 0.6 is 11.6 Å². The van der Waals surface area contributed by atoms with Crippen LogP contribution in [0.25, 0.3) is 0 Å². The molecule has 0 spiro atoms. The minimum atomic E-state index is -0.109. The van der Waals surface area contributed by atoms with Crippen molar-refractivity contribution in [2.75, 3.05) is 11.1 Å². The van der Waals surface area contributed by atoms with E-state index in [0.29, 0.717) is 10.7 Å². The highest BCUT2D eigenvalue weighted by molar-refractivity contribution is 6.31. The number of nitrogens with one attached hydrogen (secondary N) is 1. The lowest BCUT2D eigenvalue weighted by molar-refractivity contribution is -0.115. The number of aryl methyl sites for hydroxylation is 1. The van der Waals surface area contributed by atoms with Crippen LogP contribution in [0.15, 0.2) is 42.5 Å². The maximum atomic E-state index is 12.0. The van der Waals surface area contributed by atoms with E-state index in [1.165, 1.54) is 0 Å². The van der Waals surface area contributed by atoms with Crippen molar-refractivity contribution < 1.29 is 4.79 Å². The summed E-state index contributed by atoms with van der Waals surface area (Å²) in [6, 6.07) is 12.7. The number of halogens is 1. The lowest BCUT2D eigenvalue weighted by atomic mass is 10.1. The van der Waals surface area contributed by atoms with E-state index in [9.17, 15) is 4.79 Å². The first-order valence-corrected chi connectivity index (χ1v) is 6.33. The van der Waals surface area contributed by atoms with Crippen molar-refractivity contribution >= 4 is 28.9 Å². The quantitative estimate of drug-likeness (QED) is 0.843. The molecule has 0 fully saturated rings. The second kappa shape index (κ2) is 5.76. The summed E-state index contributed by atoms with van der Waals surface area (Å²) >= 11 is 6.03. The van der Waals surface area contributed by atoms with Gasteiger partial charge in [-0.3, -0.25) is 4.79 Å². The number of hydrogen-bond donors (Lipinski definition) is 2. The molecule has 98 valence electrons. The van der Waals surface area contributed by atoms with Crippen LogP contribution < -0.4 is 11.1 Å². The van der Waals surface area contributed by atoms with Crippen molar-refractivity contribution in [2.24, 2.45) is 0 Å². The van der Waals surface area contributed by atoms with Gasteiger partial charge in [0.1, 0.15) is 0 Å². The zero-order chi connectivity index (χ0) is 13.8. The summed E-state index contributed by atoms with van der Waals surface area (Å²) in [4.78, 5) is 12.0. The lowest BCUT2D eigenvalue weighted by Crippen LogP contribution is -2.15. The summed E-state index contributed by atoms with van der Waals surface area (Å²) < 4.78 is 0. The van der Waals surface area contributed by atoms with E-state index >= 15 is 0 Å². The Kier molecular flexibility index (Phi) is 4.07. The number of carbonyl (C=O) groups is 1. The summed E-state index contributed by atoms with van der Waals surface area (Å²) in [7, 11) is 0. The lowest BCUT2D eigenvalue weighted by Gasteiger charge is -2.10. The smallest absolute Gasteiger partial charge is 0.228 e. The van der Waals surface area contributed by atoms with E-state index < -0.39 is 0 Å². The summed E-state index contributed by atoms with van der Waals surface area (Å²) in [6.45, 7) is 1.92. The van der Waals surface area contributed by atoms with Gasteiger partial charge in [-0.25, -0.2) is 0 Å². The van der Waals surface area contributed by atoms with Gasteiger partial charge in [0.25, 0.3) is 0 Å². The number of nitrogens with two attached hydrogens (primary N) is 1. The number of anilines is 2. The highest BCUT2D eigenvalue weighted by Gasteiger charge is 2.08. The molecule has 0 unspecified atom stereocenters. The average molecular weight is 275 g/mol. The third-order valence-electron chi connectivity index (χ3n) is 2.84. The molecule has 0 saturated heterocycles. The Morgan fingerprint density at radius 2 is 2.00 bits per heavy atom. The van der Waals surface area contributed by atoms with Gasteiger partial charge in [-0.1, -0.05) is 35.9 Å². The molecule has 0 aliphatic rings. The number of amides is 1. The Morgan fingerprint density at radius 1 is 1.26 bits per heavy atom. The fraction of sp³-hybridized carbons (Fsp3) is 0.133. The molecular weight excluding hydrogens is 260 g/mol. The van der Waals surface area contributed by atoms with Crippen LogP contribution in [0.4, 0.5) is 11.4 Å². The molecule has 0 radical (unpaired) electrons. The second-order valence-electron chi connectivity index (χ2n) is 4.39. The summed E-state index contributed by atoms with van der Waals surface area (Å²) in [5.41, 5.74) is 8.85. The van der Waals surface area contributed by atoms with E-state index in [1.54, 1.807) is 18.2 Å². The minimum Gasteiger partial charge on any atom is -0.399 e. The zero-order valence-electron chi connectivity index (χ0n) is 10.6. The van der Waals surface area contributed by atoms with Crippen LogP contribution in [0.2, 0.25) is 5.02 Å². The number of nitrogen functional groups attached to an aromatic ring is 1. The van der Waals surface area contributed by atoms with E-state index in [0.717, 1.165) is 16.8 Å². The molecule has 3 nitrogen and oxygen atoms in total. The summed E-state index contributed by atoms with van der Waals surface area (Å²) in [6.07, 6.45) is 0.244. The zero-order valence-corrected chi connectivity index (χ0v) is 11.4. The van der Waals surface area contributed by atoms with Gasteiger partial charge in [-0.05, 0) is 36.2 Å². The maximum absolute atomic E-state index is 12.0. The van der Waals surface area contributed by atoms with Gasteiger partial charge >= 0.3 is 0 Å². The first kappa shape index (κ1) is 13.4. The standard InChI is InChI=1S/C15H15ClN2O/c1-10-6-7-12(17)9-14(10)18-15(19)8-11-4-2-3-5-13(11)16/h2-7,9H,8,17H2,1H3,(H,18,19). The SMILES string of the molecule is Cc1ccc(N)cc1NC(=O)Cc1ccccc1Cl. The molecule has 0 atom stereocenters. The van der Waals surface area contributed by atoms with Crippen LogP contribution in [0.5, 0.6) is 0 Å². The molecule has 0 aliphatic heterocycles. The average Bonchev–Trinajstić information content (AvgIpc) is 2.37. The summed E-state index contributed by atoms with van der Waals surface area (Å²) in [5.74, 6) is -0.109.